The number of likely N-dealkylation sites (tertiary alicyclic amines) is 1. The van der Waals surface area contributed by atoms with Gasteiger partial charge in [0.1, 0.15) is 4.21 Å². The summed E-state index contributed by atoms with van der Waals surface area (Å²) >= 11 is 1.14. The second-order valence-electron chi connectivity index (χ2n) is 7.79. The van der Waals surface area contributed by atoms with E-state index in [0.717, 1.165) is 48.2 Å². The van der Waals surface area contributed by atoms with E-state index >= 15 is 0 Å². The fourth-order valence-corrected chi connectivity index (χ4v) is 5.97. The highest BCUT2D eigenvalue weighted by Gasteiger charge is 2.20. The number of hydrogen-bond donors (Lipinski definition) is 2. The summed E-state index contributed by atoms with van der Waals surface area (Å²) in [5, 5.41) is 6.44. The molecule has 2 aromatic carbocycles. The smallest absolute Gasteiger partial charge is 0.271 e. The average molecular weight is 458 g/mol. The number of rotatable bonds is 8. The van der Waals surface area contributed by atoms with Crippen molar-refractivity contribution in [3.05, 3.63) is 59.5 Å². The Balaban J connectivity index is 1.51. The normalized spacial score (nSPS) is 15.1. The molecule has 31 heavy (non-hydrogen) atoms. The number of anilines is 1. The van der Waals surface area contributed by atoms with Crippen molar-refractivity contribution in [2.75, 3.05) is 30.9 Å². The Morgan fingerprint density at radius 2 is 1.74 bits per heavy atom. The molecule has 0 atom stereocenters. The van der Waals surface area contributed by atoms with Crippen LogP contribution >= 0.6 is 11.3 Å². The molecule has 1 saturated heterocycles. The predicted octanol–water partition coefficient (Wildman–Crippen LogP) is 4.31. The van der Waals surface area contributed by atoms with Gasteiger partial charge < -0.3 is 10.2 Å². The number of sulfonamides is 1. The fourth-order valence-electron chi connectivity index (χ4n) is 3.91. The minimum Gasteiger partial charge on any atom is -0.352 e. The van der Waals surface area contributed by atoms with E-state index in [9.17, 15) is 13.2 Å². The van der Waals surface area contributed by atoms with Gasteiger partial charge in [-0.15, -0.1) is 11.3 Å². The second kappa shape index (κ2) is 9.80. The van der Waals surface area contributed by atoms with Crippen LogP contribution in [0.1, 0.15) is 36.0 Å². The van der Waals surface area contributed by atoms with Gasteiger partial charge in [-0.25, -0.2) is 8.42 Å². The molecule has 6 nitrogen and oxygen atoms in total. The molecule has 1 aliphatic rings. The lowest BCUT2D eigenvalue weighted by Gasteiger charge is -2.26. The van der Waals surface area contributed by atoms with E-state index in [1.165, 1.54) is 19.3 Å². The predicted molar refractivity (Wildman–Crippen MR) is 126 cm³/mol. The maximum Gasteiger partial charge on any atom is 0.271 e. The quantitative estimate of drug-likeness (QED) is 0.494. The second-order valence-corrected chi connectivity index (χ2v) is 10.7. The number of carbonyl (C=O) groups is 1. The Morgan fingerprint density at radius 1 is 1.00 bits per heavy atom. The van der Waals surface area contributed by atoms with E-state index in [2.05, 4.69) is 14.9 Å². The molecule has 0 unspecified atom stereocenters. The first-order valence-corrected chi connectivity index (χ1v) is 13.0. The van der Waals surface area contributed by atoms with Gasteiger partial charge in [0.25, 0.3) is 15.9 Å². The molecule has 8 heteroatoms. The maximum atomic E-state index is 13.0. The van der Waals surface area contributed by atoms with E-state index in [-0.39, 0.29) is 10.1 Å². The zero-order chi connectivity index (χ0) is 21.7. The minimum absolute atomic E-state index is 0.216. The molecule has 0 saturated carbocycles. The third kappa shape index (κ3) is 5.44. The molecule has 0 aliphatic carbocycles. The number of nitrogens with zero attached hydrogens (tertiary/aromatic N) is 1. The molecule has 1 aromatic heterocycles. The molecule has 0 radical (unpaired) electrons. The van der Waals surface area contributed by atoms with E-state index in [1.807, 2.05) is 24.3 Å². The molecular formula is C23H27N3O3S2. The van der Waals surface area contributed by atoms with Crippen LogP contribution in [0.15, 0.2) is 58.1 Å². The lowest BCUT2D eigenvalue weighted by Crippen LogP contribution is -2.33. The van der Waals surface area contributed by atoms with Crippen molar-refractivity contribution in [3.63, 3.8) is 0 Å². The van der Waals surface area contributed by atoms with Crippen LogP contribution in [0.25, 0.3) is 10.8 Å². The Hall–Kier alpha value is -2.42. The average Bonchev–Trinajstić information content (AvgIpc) is 3.33. The molecule has 2 heterocycles. The van der Waals surface area contributed by atoms with E-state index in [0.29, 0.717) is 17.8 Å². The number of fused-ring (bicyclic) bond motifs is 1. The molecule has 2 N–H and O–H groups in total. The summed E-state index contributed by atoms with van der Waals surface area (Å²) in [5.41, 5.74) is 0.623. The van der Waals surface area contributed by atoms with Gasteiger partial charge in [0, 0.05) is 6.54 Å². The molecule has 164 valence electrons. The molecule has 0 spiro atoms. The van der Waals surface area contributed by atoms with Crippen molar-refractivity contribution in [2.45, 2.75) is 29.9 Å². The minimum atomic E-state index is -3.75. The van der Waals surface area contributed by atoms with Crippen molar-refractivity contribution >= 4 is 43.7 Å². The van der Waals surface area contributed by atoms with Gasteiger partial charge in [-0.1, -0.05) is 36.8 Å². The zero-order valence-corrected chi connectivity index (χ0v) is 19.0. The molecule has 1 amide bonds. The van der Waals surface area contributed by atoms with Crippen LogP contribution in [0.3, 0.4) is 0 Å². The van der Waals surface area contributed by atoms with Crippen LogP contribution in [0.2, 0.25) is 0 Å². The van der Waals surface area contributed by atoms with Crippen molar-refractivity contribution in [1.29, 1.82) is 0 Å². The first kappa shape index (κ1) is 21.8. The van der Waals surface area contributed by atoms with Gasteiger partial charge in [-0.3, -0.25) is 9.52 Å². The number of thiophene rings is 1. The van der Waals surface area contributed by atoms with E-state index in [4.69, 9.17) is 0 Å². The van der Waals surface area contributed by atoms with Crippen LogP contribution < -0.4 is 10.0 Å². The Morgan fingerprint density at radius 3 is 2.45 bits per heavy atom. The summed E-state index contributed by atoms with van der Waals surface area (Å²) in [7, 11) is -3.75. The van der Waals surface area contributed by atoms with Crippen LogP contribution in [0.5, 0.6) is 0 Å². The van der Waals surface area contributed by atoms with E-state index in [1.54, 1.807) is 29.6 Å². The Kier molecular flexibility index (Phi) is 6.89. The zero-order valence-electron chi connectivity index (χ0n) is 17.3. The van der Waals surface area contributed by atoms with Gasteiger partial charge in [-0.2, -0.15) is 0 Å². The van der Waals surface area contributed by atoms with Crippen molar-refractivity contribution in [3.8, 4) is 0 Å². The fraction of sp³-hybridized carbons (Fsp3) is 0.348. The highest BCUT2D eigenvalue weighted by Crippen LogP contribution is 2.27. The Bertz CT molecular complexity index is 1140. The maximum absolute atomic E-state index is 13.0. The summed E-state index contributed by atoms with van der Waals surface area (Å²) in [4.78, 5) is 15.4. The molecule has 3 aromatic rings. The first-order chi connectivity index (χ1) is 15.0. The lowest BCUT2D eigenvalue weighted by molar-refractivity contribution is 0.0952. The first-order valence-electron chi connectivity index (χ1n) is 10.6. The molecule has 4 rings (SSSR count). The topological polar surface area (TPSA) is 78.5 Å². The number of benzene rings is 2. The number of amides is 1. The van der Waals surface area contributed by atoms with Gasteiger partial charge in [0.15, 0.2) is 0 Å². The third-order valence-electron chi connectivity index (χ3n) is 5.52. The molecule has 1 aliphatic heterocycles. The standard InChI is InChI=1S/C23H27N3O3S2/c27-23(24-11-7-14-26-12-4-1-5-13-26)20-16-18-8-2-3-9-19(18)17-21(20)25-31(28,29)22-10-6-15-30-22/h2-3,6,8-10,15-17,25H,1,4-5,7,11-14H2,(H,24,27). The van der Waals surface area contributed by atoms with Crippen LogP contribution in [0, 0.1) is 0 Å². The highest BCUT2D eigenvalue weighted by atomic mass is 32.2. The summed E-state index contributed by atoms with van der Waals surface area (Å²) in [6.45, 7) is 3.79. The lowest BCUT2D eigenvalue weighted by atomic mass is 10.0. The Labute approximate surface area is 187 Å². The summed E-state index contributed by atoms with van der Waals surface area (Å²) < 4.78 is 28.4. The van der Waals surface area contributed by atoms with Crippen LogP contribution in [-0.4, -0.2) is 45.4 Å². The van der Waals surface area contributed by atoms with Gasteiger partial charge in [-0.05, 0) is 73.2 Å². The number of piperidine rings is 1. The van der Waals surface area contributed by atoms with Crippen LogP contribution in [0.4, 0.5) is 5.69 Å². The SMILES string of the molecule is O=C(NCCCN1CCCCC1)c1cc2ccccc2cc1NS(=O)(=O)c1cccs1. The summed E-state index contributed by atoms with van der Waals surface area (Å²) in [6, 6.07) is 14.3. The number of carbonyl (C=O) groups excluding carboxylic acids is 1. The van der Waals surface area contributed by atoms with Gasteiger partial charge in [0.05, 0.1) is 11.3 Å². The number of nitrogens with one attached hydrogen (secondary N) is 2. The van der Waals surface area contributed by atoms with Crippen molar-refractivity contribution in [2.24, 2.45) is 0 Å². The number of hydrogen-bond acceptors (Lipinski definition) is 5. The highest BCUT2D eigenvalue weighted by molar-refractivity contribution is 7.94. The van der Waals surface area contributed by atoms with Gasteiger partial charge >= 0.3 is 0 Å². The summed E-state index contributed by atoms with van der Waals surface area (Å²) in [5.74, 6) is -0.270. The molecule has 1 fully saturated rings. The molecule has 0 bridgehead atoms. The third-order valence-corrected chi connectivity index (χ3v) is 8.28. The van der Waals surface area contributed by atoms with Crippen LogP contribution in [-0.2, 0) is 10.0 Å². The monoisotopic (exact) mass is 457 g/mol. The summed E-state index contributed by atoms with van der Waals surface area (Å²) in [6.07, 6.45) is 4.67. The van der Waals surface area contributed by atoms with Crippen molar-refractivity contribution < 1.29 is 13.2 Å². The van der Waals surface area contributed by atoms with Crippen molar-refractivity contribution in [1.82, 2.24) is 10.2 Å². The molecular weight excluding hydrogens is 430 g/mol. The van der Waals surface area contributed by atoms with Gasteiger partial charge in [0.2, 0.25) is 0 Å². The van der Waals surface area contributed by atoms with E-state index < -0.39 is 10.0 Å². The largest absolute Gasteiger partial charge is 0.352 e.